The van der Waals surface area contributed by atoms with Crippen LogP contribution in [0.1, 0.15) is 11.5 Å². The summed E-state index contributed by atoms with van der Waals surface area (Å²) in [5.74, 6) is 0.985. The van der Waals surface area contributed by atoms with Crippen molar-refractivity contribution in [3.63, 3.8) is 0 Å². The van der Waals surface area contributed by atoms with Gasteiger partial charge in [-0.15, -0.1) is 10.2 Å². The minimum atomic E-state index is 0.843. The molecule has 0 unspecified atom stereocenters. The molecule has 2 rings (SSSR count). The van der Waals surface area contributed by atoms with Gasteiger partial charge in [-0.1, -0.05) is 0 Å². The molecular formula is C11H15N5. The Hall–Kier alpha value is -1.91. The Morgan fingerprint density at radius 1 is 1.44 bits per heavy atom. The maximum Gasteiger partial charge on any atom is 0.134 e. The van der Waals surface area contributed by atoms with E-state index in [-0.39, 0.29) is 0 Å². The third-order valence-electron chi connectivity index (χ3n) is 2.38. The first kappa shape index (κ1) is 10.6. The number of anilines is 1. The summed E-state index contributed by atoms with van der Waals surface area (Å²) in [4.78, 5) is 4.15. The Morgan fingerprint density at radius 3 is 3.00 bits per heavy atom. The number of rotatable bonds is 4. The summed E-state index contributed by atoms with van der Waals surface area (Å²) >= 11 is 0. The Kier molecular flexibility index (Phi) is 3.14. The smallest absolute Gasteiger partial charge is 0.134 e. The molecule has 5 heteroatoms. The predicted molar refractivity (Wildman–Crippen MR) is 62.2 cm³/mol. The topological polar surface area (TPSA) is 55.6 Å². The summed E-state index contributed by atoms with van der Waals surface area (Å²) in [6, 6.07) is 3.99. The molecule has 0 aliphatic carbocycles. The van der Waals surface area contributed by atoms with Gasteiger partial charge in [-0.2, -0.15) is 0 Å². The van der Waals surface area contributed by atoms with Crippen molar-refractivity contribution in [1.82, 2.24) is 19.7 Å². The van der Waals surface area contributed by atoms with E-state index in [0.717, 1.165) is 30.2 Å². The summed E-state index contributed by atoms with van der Waals surface area (Å²) in [7, 11) is 1.95. The molecule has 0 aliphatic heterocycles. The summed E-state index contributed by atoms with van der Waals surface area (Å²) in [6.45, 7) is 2.82. The lowest BCUT2D eigenvalue weighted by Gasteiger charge is -2.06. The van der Waals surface area contributed by atoms with Crippen LogP contribution in [0.5, 0.6) is 0 Å². The second-order valence-electron chi connectivity index (χ2n) is 3.72. The normalized spacial score (nSPS) is 10.4. The highest BCUT2D eigenvalue weighted by Crippen LogP contribution is 2.06. The molecule has 0 amide bonds. The van der Waals surface area contributed by atoms with E-state index in [0.29, 0.717) is 0 Å². The zero-order valence-electron chi connectivity index (χ0n) is 9.51. The number of hydrogen-bond acceptors (Lipinski definition) is 4. The molecule has 5 nitrogen and oxygen atoms in total. The molecule has 0 saturated carbocycles. The zero-order chi connectivity index (χ0) is 11.4. The van der Waals surface area contributed by atoms with Gasteiger partial charge in [0.05, 0.1) is 0 Å². The monoisotopic (exact) mass is 217 g/mol. The van der Waals surface area contributed by atoms with Crippen molar-refractivity contribution in [3.8, 4) is 0 Å². The summed E-state index contributed by atoms with van der Waals surface area (Å²) in [6.07, 6.45) is 4.38. The van der Waals surface area contributed by atoms with E-state index in [2.05, 4.69) is 20.5 Å². The fourth-order valence-electron chi connectivity index (χ4n) is 1.51. The first-order valence-electron chi connectivity index (χ1n) is 5.25. The predicted octanol–water partition coefficient (Wildman–Crippen LogP) is 1.17. The van der Waals surface area contributed by atoms with Crippen LogP contribution in [-0.2, 0) is 13.5 Å². The molecule has 0 saturated heterocycles. The van der Waals surface area contributed by atoms with Gasteiger partial charge in [0.25, 0.3) is 0 Å². The number of pyridine rings is 1. The Labute approximate surface area is 94.5 Å². The zero-order valence-corrected chi connectivity index (χ0v) is 9.51. The second-order valence-corrected chi connectivity index (χ2v) is 3.72. The standard InChI is InChI=1S/C11H15N5/c1-9-7-10(3-5-12-9)13-6-4-11-15-14-8-16(11)2/h3,5,7-8H,4,6H2,1-2H3,(H,12,13). The van der Waals surface area contributed by atoms with Crippen LogP contribution < -0.4 is 5.32 Å². The van der Waals surface area contributed by atoms with Gasteiger partial charge in [-0.05, 0) is 19.1 Å². The molecule has 0 aliphatic rings. The largest absolute Gasteiger partial charge is 0.384 e. The highest BCUT2D eigenvalue weighted by atomic mass is 15.2. The molecule has 0 fully saturated rings. The van der Waals surface area contributed by atoms with Gasteiger partial charge in [-0.3, -0.25) is 4.98 Å². The quantitative estimate of drug-likeness (QED) is 0.835. The lowest BCUT2D eigenvalue weighted by Crippen LogP contribution is -2.08. The van der Waals surface area contributed by atoms with E-state index in [1.807, 2.05) is 30.7 Å². The number of nitrogens with zero attached hydrogens (tertiary/aromatic N) is 4. The number of hydrogen-bond donors (Lipinski definition) is 1. The molecular weight excluding hydrogens is 202 g/mol. The van der Waals surface area contributed by atoms with E-state index < -0.39 is 0 Å². The molecule has 2 heterocycles. The van der Waals surface area contributed by atoms with Crippen molar-refractivity contribution >= 4 is 5.69 Å². The molecule has 1 N–H and O–H groups in total. The van der Waals surface area contributed by atoms with Gasteiger partial charge in [0.2, 0.25) is 0 Å². The molecule has 84 valence electrons. The molecule has 2 aromatic rings. The number of aryl methyl sites for hydroxylation is 2. The van der Waals surface area contributed by atoms with E-state index >= 15 is 0 Å². The Morgan fingerprint density at radius 2 is 2.31 bits per heavy atom. The van der Waals surface area contributed by atoms with Crippen molar-refractivity contribution in [3.05, 3.63) is 36.2 Å². The number of nitrogens with one attached hydrogen (secondary N) is 1. The van der Waals surface area contributed by atoms with Crippen LogP contribution in [0, 0.1) is 6.92 Å². The van der Waals surface area contributed by atoms with E-state index in [9.17, 15) is 0 Å². The summed E-state index contributed by atoms with van der Waals surface area (Å²) in [5.41, 5.74) is 2.11. The molecule has 0 radical (unpaired) electrons. The molecule has 0 atom stereocenters. The van der Waals surface area contributed by atoms with Gasteiger partial charge in [0, 0.05) is 37.6 Å². The summed E-state index contributed by atoms with van der Waals surface area (Å²) < 4.78 is 1.93. The van der Waals surface area contributed by atoms with E-state index in [1.54, 1.807) is 12.5 Å². The molecule has 2 aromatic heterocycles. The average molecular weight is 217 g/mol. The van der Waals surface area contributed by atoms with Crippen LogP contribution in [0.3, 0.4) is 0 Å². The Bertz CT molecular complexity index is 463. The van der Waals surface area contributed by atoms with Gasteiger partial charge in [-0.25, -0.2) is 0 Å². The van der Waals surface area contributed by atoms with Gasteiger partial charge in [0.1, 0.15) is 12.2 Å². The average Bonchev–Trinajstić information content (AvgIpc) is 2.65. The van der Waals surface area contributed by atoms with Gasteiger partial charge >= 0.3 is 0 Å². The fourth-order valence-corrected chi connectivity index (χ4v) is 1.51. The van der Waals surface area contributed by atoms with Gasteiger partial charge < -0.3 is 9.88 Å². The fraction of sp³-hybridized carbons (Fsp3) is 0.364. The molecule has 0 aromatic carbocycles. The van der Waals surface area contributed by atoms with Crippen LogP contribution >= 0.6 is 0 Å². The van der Waals surface area contributed by atoms with Crippen LogP contribution in [0.4, 0.5) is 5.69 Å². The highest BCUT2D eigenvalue weighted by Gasteiger charge is 1.99. The van der Waals surface area contributed by atoms with Crippen molar-refractivity contribution < 1.29 is 0 Å². The van der Waals surface area contributed by atoms with Crippen LogP contribution in [-0.4, -0.2) is 26.3 Å². The number of aromatic nitrogens is 4. The van der Waals surface area contributed by atoms with Crippen molar-refractivity contribution in [2.24, 2.45) is 7.05 Å². The third kappa shape index (κ3) is 2.56. The van der Waals surface area contributed by atoms with Crippen molar-refractivity contribution in [1.29, 1.82) is 0 Å². The van der Waals surface area contributed by atoms with Gasteiger partial charge in [0.15, 0.2) is 0 Å². The lowest BCUT2D eigenvalue weighted by molar-refractivity contribution is 0.788. The van der Waals surface area contributed by atoms with E-state index in [4.69, 9.17) is 0 Å². The van der Waals surface area contributed by atoms with Crippen LogP contribution in [0.2, 0.25) is 0 Å². The van der Waals surface area contributed by atoms with E-state index in [1.165, 1.54) is 0 Å². The lowest BCUT2D eigenvalue weighted by atomic mass is 10.3. The molecule has 16 heavy (non-hydrogen) atoms. The maximum atomic E-state index is 4.15. The highest BCUT2D eigenvalue weighted by molar-refractivity contribution is 5.42. The van der Waals surface area contributed by atoms with Crippen LogP contribution in [0.15, 0.2) is 24.7 Å². The SMILES string of the molecule is Cc1cc(NCCc2nncn2C)ccn1. The van der Waals surface area contributed by atoms with Crippen molar-refractivity contribution in [2.75, 3.05) is 11.9 Å². The minimum Gasteiger partial charge on any atom is -0.384 e. The maximum absolute atomic E-state index is 4.15. The second kappa shape index (κ2) is 4.74. The Balaban J connectivity index is 1.87. The first-order chi connectivity index (χ1) is 7.75. The van der Waals surface area contributed by atoms with Crippen LogP contribution in [0.25, 0.3) is 0 Å². The minimum absolute atomic E-state index is 0.843. The first-order valence-corrected chi connectivity index (χ1v) is 5.25. The third-order valence-corrected chi connectivity index (χ3v) is 2.38. The molecule has 0 bridgehead atoms. The van der Waals surface area contributed by atoms with Crippen molar-refractivity contribution in [2.45, 2.75) is 13.3 Å². The molecule has 0 spiro atoms. The summed E-state index contributed by atoms with van der Waals surface area (Å²) in [5, 5.41) is 11.2.